The number of β-amino-alcohol motifs (C(OH)–C–C–N with tert-alkyl or cyclic N) is 1. The number of phenols is 1. The van der Waals surface area contributed by atoms with Gasteiger partial charge in [0.25, 0.3) is 0 Å². The Bertz CT molecular complexity index is 1090. The highest BCUT2D eigenvalue weighted by Crippen LogP contribution is 2.50. The Morgan fingerprint density at radius 3 is 2.75 bits per heavy atom. The molecule has 5 rings (SSSR count). The largest absolute Gasteiger partial charge is 0.508 e. The van der Waals surface area contributed by atoms with Gasteiger partial charge < -0.3 is 15.1 Å². The van der Waals surface area contributed by atoms with E-state index in [1.54, 1.807) is 12.1 Å². The van der Waals surface area contributed by atoms with Crippen molar-refractivity contribution in [1.29, 1.82) is 0 Å². The monoisotopic (exact) mass is 394 g/mol. The number of phenolic OH excluding ortho intramolecular Hbond substituents is 1. The van der Waals surface area contributed by atoms with Gasteiger partial charge in [-0.25, -0.2) is 0 Å². The van der Waals surface area contributed by atoms with E-state index in [1.807, 2.05) is 30.3 Å². The van der Waals surface area contributed by atoms with Crippen LogP contribution in [0.4, 0.5) is 0 Å². The van der Waals surface area contributed by atoms with Crippen molar-refractivity contribution < 1.29 is 10.2 Å². The molecular weight excluding hydrogens is 372 g/mol. The number of hydrogen-bond donors (Lipinski definition) is 2. The van der Waals surface area contributed by atoms with Gasteiger partial charge in [0.15, 0.2) is 0 Å². The summed E-state index contributed by atoms with van der Waals surface area (Å²) in [5.74, 6) is 0.234. The van der Waals surface area contributed by atoms with Crippen molar-refractivity contribution in [2.24, 2.45) is 0 Å². The Hall–Kier alpha value is -2.14. The van der Waals surface area contributed by atoms with E-state index in [0.29, 0.717) is 24.4 Å². The van der Waals surface area contributed by atoms with Crippen LogP contribution in [0, 0.1) is 0 Å². The number of nitrogens with zero attached hydrogens (tertiary/aromatic N) is 2. The maximum absolute atomic E-state index is 12.0. The van der Waals surface area contributed by atoms with Crippen molar-refractivity contribution in [2.75, 3.05) is 20.1 Å². The molecule has 1 aliphatic carbocycles. The lowest BCUT2D eigenvalue weighted by Gasteiger charge is -2.56. The fraction of sp³-hybridized carbons (Fsp3) is 0.348. The van der Waals surface area contributed by atoms with Crippen LogP contribution in [-0.2, 0) is 18.3 Å². The van der Waals surface area contributed by atoms with E-state index in [4.69, 9.17) is 16.6 Å². The Kier molecular flexibility index (Phi) is 3.96. The molecule has 3 aromatic rings. The van der Waals surface area contributed by atoms with Gasteiger partial charge in [0.1, 0.15) is 5.75 Å². The van der Waals surface area contributed by atoms with Crippen molar-refractivity contribution in [1.82, 2.24) is 9.88 Å². The van der Waals surface area contributed by atoms with Gasteiger partial charge in [-0.2, -0.15) is 0 Å². The number of benzene rings is 2. The summed E-state index contributed by atoms with van der Waals surface area (Å²) < 4.78 is 0. The first-order chi connectivity index (χ1) is 13.4. The maximum Gasteiger partial charge on any atom is 0.115 e. The molecule has 28 heavy (non-hydrogen) atoms. The van der Waals surface area contributed by atoms with Crippen LogP contribution in [0.15, 0.2) is 48.5 Å². The number of likely N-dealkylation sites (tertiary alicyclic amines) is 1. The molecule has 5 heteroatoms. The Morgan fingerprint density at radius 2 is 1.93 bits per heavy atom. The van der Waals surface area contributed by atoms with E-state index in [2.05, 4.69) is 18.0 Å². The molecule has 2 aromatic carbocycles. The van der Waals surface area contributed by atoms with Crippen molar-refractivity contribution in [3.8, 4) is 5.75 Å². The number of aromatic hydroxyl groups is 1. The number of piperidine rings is 1. The molecule has 1 fully saturated rings. The van der Waals surface area contributed by atoms with Crippen molar-refractivity contribution >= 4 is 22.5 Å². The number of aromatic nitrogens is 1. The number of aliphatic hydroxyl groups is 1. The zero-order valence-corrected chi connectivity index (χ0v) is 16.6. The summed E-state index contributed by atoms with van der Waals surface area (Å²) in [6.07, 6.45) is 1.99. The number of pyridine rings is 1. The second kappa shape index (κ2) is 6.18. The van der Waals surface area contributed by atoms with Gasteiger partial charge in [-0.15, -0.1) is 0 Å². The number of hydrogen-bond acceptors (Lipinski definition) is 4. The zero-order chi connectivity index (χ0) is 19.5. The minimum atomic E-state index is -0.933. The molecule has 1 aromatic heterocycles. The zero-order valence-electron chi connectivity index (χ0n) is 15.8. The van der Waals surface area contributed by atoms with Crippen LogP contribution < -0.4 is 0 Å². The molecule has 4 nitrogen and oxygen atoms in total. The number of halogens is 1. The topological polar surface area (TPSA) is 56.6 Å². The average molecular weight is 395 g/mol. The molecule has 0 unspecified atom stereocenters. The predicted molar refractivity (Wildman–Crippen MR) is 111 cm³/mol. The molecule has 144 valence electrons. The van der Waals surface area contributed by atoms with Crippen LogP contribution in [0.2, 0.25) is 5.02 Å². The number of likely N-dealkylation sites (N-methyl/N-ethyl adjacent to an activating group) is 1. The molecule has 2 N–H and O–H groups in total. The van der Waals surface area contributed by atoms with Gasteiger partial charge in [-0.3, -0.25) is 4.98 Å². The highest BCUT2D eigenvalue weighted by atomic mass is 35.5. The molecule has 0 saturated carbocycles. The highest BCUT2D eigenvalue weighted by Gasteiger charge is 2.57. The third kappa shape index (κ3) is 2.55. The number of rotatable bonds is 1. The third-order valence-corrected chi connectivity index (χ3v) is 7.00. The van der Waals surface area contributed by atoms with Gasteiger partial charge in [0.05, 0.1) is 11.1 Å². The molecule has 2 heterocycles. The van der Waals surface area contributed by atoms with Crippen LogP contribution in [0.25, 0.3) is 10.9 Å². The van der Waals surface area contributed by atoms with Gasteiger partial charge in [-0.1, -0.05) is 29.8 Å². The summed E-state index contributed by atoms with van der Waals surface area (Å²) in [4.78, 5) is 7.13. The van der Waals surface area contributed by atoms with E-state index in [-0.39, 0.29) is 5.75 Å². The van der Waals surface area contributed by atoms with Gasteiger partial charge in [0, 0.05) is 40.9 Å². The van der Waals surface area contributed by atoms with E-state index < -0.39 is 11.0 Å². The standard InChI is InChI=1S/C23H23ClN2O2/c1-26-9-8-22(16-4-2-5-17(27)11-16)13-21-15(12-23(22,28)14-26)10-18-19(24)6-3-7-20(18)25-21/h2-7,10-11,27-28H,8-9,12-14H2,1H3/t22-,23-/m0/s1. The fourth-order valence-electron chi connectivity index (χ4n) is 5.24. The Balaban J connectivity index is 1.72. The highest BCUT2D eigenvalue weighted by molar-refractivity contribution is 6.35. The van der Waals surface area contributed by atoms with Crippen LogP contribution in [0.5, 0.6) is 5.75 Å². The van der Waals surface area contributed by atoms with Gasteiger partial charge in [-0.05, 0) is 61.5 Å². The fourth-order valence-corrected chi connectivity index (χ4v) is 5.46. The summed E-state index contributed by atoms with van der Waals surface area (Å²) in [5.41, 5.74) is 2.56. The van der Waals surface area contributed by atoms with Gasteiger partial charge >= 0.3 is 0 Å². The average Bonchev–Trinajstić information content (AvgIpc) is 2.65. The van der Waals surface area contributed by atoms with Crippen LogP contribution in [0.3, 0.4) is 0 Å². The Labute approximate surface area is 169 Å². The second-order valence-corrected chi connectivity index (χ2v) is 8.81. The molecule has 2 atom stereocenters. The molecule has 2 aliphatic rings. The lowest BCUT2D eigenvalue weighted by Crippen LogP contribution is -2.66. The van der Waals surface area contributed by atoms with Crippen LogP contribution in [0.1, 0.15) is 23.2 Å². The van der Waals surface area contributed by atoms with Gasteiger partial charge in [0.2, 0.25) is 0 Å². The molecule has 1 saturated heterocycles. The summed E-state index contributed by atoms with van der Waals surface area (Å²) in [5, 5.41) is 23.7. The van der Waals surface area contributed by atoms with E-state index in [9.17, 15) is 10.2 Å². The third-order valence-electron chi connectivity index (χ3n) is 6.67. The molecular formula is C23H23ClN2O2. The first-order valence-corrected chi connectivity index (χ1v) is 10.1. The first kappa shape index (κ1) is 17.9. The van der Waals surface area contributed by atoms with Crippen LogP contribution >= 0.6 is 11.6 Å². The maximum atomic E-state index is 12.0. The summed E-state index contributed by atoms with van der Waals surface area (Å²) >= 11 is 6.40. The van der Waals surface area contributed by atoms with E-state index in [0.717, 1.165) is 40.7 Å². The summed E-state index contributed by atoms with van der Waals surface area (Å²) in [6.45, 7) is 1.48. The quantitative estimate of drug-likeness (QED) is 0.660. The summed E-state index contributed by atoms with van der Waals surface area (Å²) in [6, 6.07) is 15.2. The number of fused-ring (bicyclic) bond motifs is 3. The van der Waals surface area contributed by atoms with Crippen molar-refractivity contribution in [3.05, 3.63) is 70.4 Å². The molecule has 0 bridgehead atoms. The molecule has 1 aliphatic heterocycles. The Morgan fingerprint density at radius 1 is 1.11 bits per heavy atom. The first-order valence-electron chi connectivity index (χ1n) is 9.68. The minimum absolute atomic E-state index is 0.234. The predicted octanol–water partition coefficient (Wildman–Crippen LogP) is 3.70. The van der Waals surface area contributed by atoms with E-state index >= 15 is 0 Å². The van der Waals surface area contributed by atoms with Crippen molar-refractivity contribution in [3.63, 3.8) is 0 Å². The van der Waals surface area contributed by atoms with Crippen molar-refractivity contribution in [2.45, 2.75) is 30.3 Å². The van der Waals surface area contributed by atoms with Crippen LogP contribution in [-0.4, -0.2) is 45.8 Å². The second-order valence-electron chi connectivity index (χ2n) is 8.41. The van der Waals surface area contributed by atoms with E-state index in [1.165, 1.54) is 0 Å². The molecule has 0 radical (unpaired) electrons. The lowest BCUT2D eigenvalue weighted by atomic mass is 9.56. The summed E-state index contributed by atoms with van der Waals surface area (Å²) in [7, 11) is 2.05. The lowest BCUT2D eigenvalue weighted by molar-refractivity contribution is -0.0976. The normalized spacial score (nSPS) is 27.4. The smallest absolute Gasteiger partial charge is 0.115 e. The minimum Gasteiger partial charge on any atom is -0.508 e. The molecule has 0 spiro atoms. The molecule has 0 amide bonds. The SMILES string of the molecule is CN1CC[C@@]2(c3cccc(O)c3)Cc3nc4cccc(Cl)c4cc3C[C@]2(O)C1.